The Balaban J connectivity index is 3.18. The second-order valence-corrected chi connectivity index (χ2v) is 9.87. The number of allylic oxidation sites excluding steroid dienone is 2. The molecule has 0 fully saturated rings. The van der Waals surface area contributed by atoms with Gasteiger partial charge in [-0.05, 0) is 38.5 Å². The zero-order chi connectivity index (χ0) is 23.4. The molecule has 0 saturated carbocycles. The second-order valence-electron chi connectivity index (χ2n) is 9.87. The molecule has 0 radical (unpaired) electrons. The first-order chi connectivity index (χ1) is 15.8. The molecule has 0 rings (SSSR count). The van der Waals surface area contributed by atoms with Crippen molar-refractivity contribution in [1.29, 1.82) is 0 Å². The van der Waals surface area contributed by atoms with E-state index in [9.17, 15) is 4.79 Å². The first-order valence-corrected chi connectivity index (χ1v) is 14.7. The summed E-state index contributed by atoms with van der Waals surface area (Å²) in [6.45, 7) is 5.42. The highest BCUT2D eigenvalue weighted by Crippen LogP contribution is 2.11. The fourth-order valence-electron chi connectivity index (χ4n) is 4.28. The van der Waals surface area contributed by atoms with Gasteiger partial charge >= 0.3 is 0 Å². The summed E-state index contributed by atoms with van der Waals surface area (Å²) in [5.74, 6) is 0.265. The van der Waals surface area contributed by atoms with Crippen molar-refractivity contribution in [1.82, 2.24) is 5.32 Å². The Morgan fingerprint density at radius 2 is 0.875 bits per heavy atom. The maximum Gasteiger partial charge on any atom is 0.219 e. The van der Waals surface area contributed by atoms with Crippen LogP contribution >= 0.6 is 0 Å². The van der Waals surface area contributed by atoms with Crippen LogP contribution < -0.4 is 5.32 Å². The molecule has 0 aliphatic rings. The zero-order valence-corrected chi connectivity index (χ0v) is 22.2. The zero-order valence-electron chi connectivity index (χ0n) is 22.2. The lowest BCUT2D eigenvalue weighted by atomic mass is 10.1. The lowest BCUT2D eigenvalue weighted by molar-refractivity contribution is -0.121. The Hall–Kier alpha value is -0.790. The maximum atomic E-state index is 11.9. The van der Waals surface area contributed by atoms with Crippen LogP contribution in [0.25, 0.3) is 0 Å². The number of carbonyl (C=O) groups excluding carboxylic acids is 1. The molecule has 0 saturated heterocycles. The molecular weight excluding hydrogens is 390 g/mol. The molecule has 0 aliphatic carbocycles. The van der Waals surface area contributed by atoms with Crippen LogP contribution in [0.15, 0.2) is 12.2 Å². The molecule has 0 aromatic rings. The number of hydrogen-bond donors (Lipinski definition) is 1. The second kappa shape index (κ2) is 28.2. The van der Waals surface area contributed by atoms with Crippen molar-refractivity contribution in [3.63, 3.8) is 0 Å². The minimum atomic E-state index is 0.265. The van der Waals surface area contributed by atoms with Gasteiger partial charge in [-0.25, -0.2) is 0 Å². The van der Waals surface area contributed by atoms with Crippen LogP contribution in [0.1, 0.15) is 168 Å². The molecule has 0 unspecified atom stereocenters. The van der Waals surface area contributed by atoms with E-state index in [1.54, 1.807) is 0 Å². The fraction of sp³-hybridized carbons (Fsp3) is 0.900. The van der Waals surface area contributed by atoms with E-state index in [1.807, 2.05) is 0 Å². The number of amides is 1. The number of unbranched alkanes of at least 4 members (excludes halogenated alkanes) is 20. The average molecular weight is 450 g/mol. The van der Waals surface area contributed by atoms with Gasteiger partial charge in [0.15, 0.2) is 0 Å². The van der Waals surface area contributed by atoms with Crippen LogP contribution in [0.5, 0.6) is 0 Å². The first-order valence-electron chi connectivity index (χ1n) is 14.7. The highest BCUT2D eigenvalue weighted by Gasteiger charge is 2.00. The smallest absolute Gasteiger partial charge is 0.219 e. The summed E-state index contributed by atoms with van der Waals surface area (Å²) in [6, 6.07) is 0. The third-order valence-electron chi connectivity index (χ3n) is 6.52. The molecule has 2 nitrogen and oxygen atoms in total. The topological polar surface area (TPSA) is 29.1 Å². The highest BCUT2D eigenvalue weighted by molar-refractivity contribution is 5.75. The van der Waals surface area contributed by atoms with Crippen LogP contribution in [-0.2, 0) is 4.79 Å². The number of rotatable bonds is 26. The van der Waals surface area contributed by atoms with Gasteiger partial charge in [0.05, 0.1) is 0 Å². The van der Waals surface area contributed by atoms with Gasteiger partial charge in [-0.2, -0.15) is 0 Å². The summed E-state index contributed by atoms with van der Waals surface area (Å²) in [5.41, 5.74) is 0. The van der Waals surface area contributed by atoms with E-state index in [-0.39, 0.29) is 5.91 Å². The van der Waals surface area contributed by atoms with E-state index < -0.39 is 0 Å². The van der Waals surface area contributed by atoms with E-state index in [4.69, 9.17) is 0 Å². The van der Waals surface area contributed by atoms with Gasteiger partial charge in [-0.3, -0.25) is 4.79 Å². The molecular formula is C30H59NO. The molecule has 1 N–H and O–H groups in total. The molecule has 0 bridgehead atoms. The molecule has 0 atom stereocenters. The minimum absolute atomic E-state index is 0.265. The molecule has 2 heteroatoms. The average Bonchev–Trinajstić information content (AvgIpc) is 2.80. The summed E-state index contributed by atoms with van der Waals surface area (Å²) < 4.78 is 0. The molecule has 0 aliphatic heterocycles. The third-order valence-corrected chi connectivity index (χ3v) is 6.52. The van der Waals surface area contributed by atoms with Crippen molar-refractivity contribution in [3.8, 4) is 0 Å². The Kier molecular flexibility index (Phi) is 27.5. The van der Waals surface area contributed by atoms with Crippen molar-refractivity contribution in [3.05, 3.63) is 12.2 Å². The molecule has 1 amide bonds. The Bertz CT molecular complexity index is 390. The van der Waals surface area contributed by atoms with Crippen molar-refractivity contribution < 1.29 is 4.79 Å². The predicted molar refractivity (Wildman–Crippen MR) is 144 cm³/mol. The summed E-state index contributed by atoms with van der Waals surface area (Å²) in [5, 5.41) is 3.11. The first kappa shape index (κ1) is 31.2. The Morgan fingerprint density at radius 3 is 1.34 bits per heavy atom. The Morgan fingerprint density at radius 1 is 0.500 bits per heavy atom. The molecule has 32 heavy (non-hydrogen) atoms. The Labute approximate surface area is 202 Å². The molecule has 0 heterocycles. The number of carbonyl (C=O) groups is 1. The monoisotopic (exact) mass is 449 g/mol. The summed E-state index contributed by atoms with van der Waals surface area (Å²) in [4.78, 5) is 11.9. The number of hydrogen-bond acceptors (Lipinski definition) is 1. The van der Waals surface area contributed by atoms with Crippen LogP contribution in [0, 0.1) is 0 Å². The van der Waals surface area contributed by atoms with E-state index >= 15 is 0 Å². The van der Waals surface area contributed by atoms with Crippen LogP contribution in [0.2, 0.25) is 0 Å². The quantitative estimate of drug-likeness (QED) is 0.103. The molecule has 0 aromatic heterocycles. The van der Waals surface area contributed by atoms with Crippen molar-refractivity contribution in [2.24, 2.45) is 0 Å². The van der Waals surface area contributed by atoms with Gasteiger partial charge in [0.2, 0.25) is 5.91 Å². The highest BCUT2D eigenvalue weighted by atomic mass is 16.1. The molecule has 0 spiro atoms. The van der Waals surface area contributed by atoms with Gasteiger partial charge in [0.25, 0.3) is 0 Å². The maximum absolute atomic E-state index is 11.9. The lowest BCUT2D eigenvalue weighted by Gasteiger charge is -2.06. The normalized spacial score (nSPS) is 11.4. The lowest BCUT2D eigenvalue weighted by Crippen LogP contribution is -2.23. The van der Waals surface area contributed by atoms with E-state index in [0.717, 1.165) is 25.8 Å². The largest absolute Gasteiger partial charge is 0.356 e. The van der Waals surface area contributed by atoms with E-state index in [1.165, 1.54) is 135 Å². The van der Waals surface area contributed by atoms with Crippen LogP contribution in [0.4, 0.5) is 0 Å². The third kappa shape index (κ3) is 27.2. The van der Waals surface area contributed by atoms with Gasteiger partial charge in [-0.15, -0.1) is 0 Å². The molecule has 190 valence electrons. The minimum Gasteiger partial charge on any atom is -0.356 e. The van der Waals surface area contributed by atoms with Gasteiger partial charge in [0.1, 0.15) is 0 Å². The van der Waals surface area contributed by atoms with Crippen molar-refractivity contribution in [2.45, 2.75) is 168 Å². The predicted octanol–water partition coefficient (Wildman–Crippen LogP) is 10.1. The van der Waals surface area contributed by atoms with Crippen LogP contribution in [-0.4, -0.2) is 12.5 Å². The number of nitrogens with one attached hydrogen (secondary N) is 1. The van der Waals surface area contributed by atoms with E-state index in [2.05, 4.69) is 31.3 Å². The van der Waals surface area contributed by atoms with Crippen molar-refractivity contribution >= 4 is 5.91 Å². The van der Waals surface area contributed by atoms with Crippen LogP contribution in [0.3, 0.4) is 0 Å². The summed E-state index contributed by atoms with van der Waals surface area (Å²) in [6.07, 6.45) is 36.0. The van der Waals surface area contributed by atoms with Gasteiger partial charge in [-0.1, -0.05) is 135 Å². The van der Waals surface area contributed by atoms with Gasteiger partial charge < -0.3 is 5.32 Å². The van der Waals surface area contributed by atoms with Crippen molar-refractivity contribution in [2.75, 3.05) is 6.54 Å². The SMILES string of the molecule is CCCCCCCC/C=C\CCCCCCCCNC(=O)CCCCCCCCCCC. The van der Waals surface area contributed by atoms with E-state index in [0.29, 0.717) is 0 Å². The summed E-state index contributed by atoms with van der Waals surface area (Å²) >= 11 is 0. The molecule has 0 aromatic carbocycles. The fourth-order valence-corrected chi connectivity index (χ4v) is 4.28. The van der Waals surface area contributed by atoms with Gasteiger partial charge in [0, 0.05) is 13.0 Å². The summed E-state index contributed by atoms with van der Waals surface area (Å²) in [7, 11) is 0. The standard InChI is InChI=1S/C30H59NO/c1-3-5-7-9-11-13-14-15-16-17-18-19-21-23-25-27-29-31-30(32)28-26-24-22-20-12-10-8-6-4-2/h15-16H,3-14,17-29H2,1-2H3,(H,31,32)/b16-15-.